The van der Waals surface area contributed by atoms with E-state index in [-0.39, 0.29) is 11.9 Å². The van der Waals surface area contributed by atoms with Crippen LogP contribution in [0.15, 0.2) is 60.9 Å². The molecule has 0 saturated heterocycles. The van der Waals surface area contributed by atoms with Crippen LogP contribution in [0, 0.1) is 0 Å². The summed E-state index contributed by atoms with van der Waals surface area (Å²) in [7, 11) is 0. The zero-order valence-corrected chi connectivity index (χ0v) is 13.6. The molecule has 1 amide bonds. The molecule has 25 heavy (non-hydrogen) atoms. The van der Waals surface area contributed by atoms with E-state index in [0.717, 1.165) is 45.8 Å². The van der Waals surface area contributed by atoms with Crippen LogP contribution in [0.5, 0.6) is 0 Å². The maximum atomic E-state index is 12.8. The first-order valence-corrected chi connectivity index (χ1v) is 8.51. The zero-order valence-electron chi connectivity index (χ0n) is 13.6. The Balaban J connectivity index is 1.59. The highest BCUT2D eigenvalue weighted by Gasteiger charge is 2.28. The quantitative estimate of drug-likeness (QED) is 0.591. The predicted octanol–water partition coefficient (Wildman–Crippen LogP) is 3.61. The lowest BCUT2D eigenvalue weighted by molar-refractivity contribution is 0.0927. The van der Waals surface area contributed by atoms with Crippen molar-refractivity contribution in [2.24, 2.45) is 0 Å². The Morgan fingerprint density at radius 2 is 1.92 bits per heavy atom. The zero-order chi connectivity index (χ0) is 16.8. The van der Waals surface area contributed by atoms with Gasteiger partial charge in [-0.05, 0) is 18.1 Å². The van der Waals surface area contributed by atoms with Crippen molar-refractivity contribution in [1.29, 1.82) is 0 Å². The van der Waals surface area contributed by atoms with Crippen LogP contribution in [0.25, 0.3) is 21.7 Å². The summed E-state index contributed by atoms with van der Waals surface area (Å²) in [6, 6.07) is 16.5. The second kappa shape index (κ2) is 5.45. The Bertz CT molecular complexity index is 1100. The molecule has 4 nitrogen and oxygen atoms in total. The van der Waals surface area contributed by atoms with Crippen LogP contribution in [-0.2, 0) is 12.8 Å². The van der Waals surface area contributed by atoms with E-state index in [9.17, 15) is 4.79 Å². The van der Waals surface area contributed by atoms with Gasteiger partial charge in [-0.3, -0.25) is 9.78 Å². The van der Waals surface area contributed by atoms with Gasteiger partial charge in [-0.15, -0.1) is 0 Å². The van der Waals surface area contributed by atoms with Crippen molar-refractivity contribution < 1.29 is 4.79 Å². The molecule has 4 aromatic rings. The van der Waals surface area contributed by atoms with Crippen LogP contribution in [0.4, 0.5) is 0 Å². The molecular formula is C21H17N3O. The number of nitrogens with zero attached hydrogens (tertiary/aromatic N) is 1. The number of hydrogen-bond donors (Lipinski definition) is 2. The van der Waals surface area contributed by atoms with E-state index in [1.54, 1.807) is 6.20 Å². The minimum absolute atomic E-state index is 0.0156. The molecule has 0 fully saturated rings. The lowest BCUT2D eigenvalue weighted by Crippen LogP contribution is -2.42. The highest BCUT2D eigenvalue weighted by Crippen LogP contribution is 2.31. The Morgan fingerprint density at radius 3 is 2.80 bits per heavy atom. The first kappa shape index (κ1) is 14.2. The Labute approximate surface area is 144 Å². The van der Waals surface area contributed by atoms with Crippen LogP contribution >= 0.6 is 0 Å². The lowest BCUT2D eigenvalue weighted by Gasteiger charge is -2.23. The number of fused-ring (bicyclic) bond motifs is 5. The molecular weight excluding hydrogens is 310 g/mol. The SMILES string of the molecule is O=C1NC(Cc2ccccc2)Cc2[nH]c3c(ccc4cnccc43)c21. The normalized spacial score (nSPS) is 16.8. The Morgan fingerprint density at radius 1 is 1.04 bits per heavy atom. The molecule has 4 heteroatoms. The minimum Gasteiger partial charge on any atom is -0.357 e. The molecule has 0 saturated carbocycles. The average molecular weight is 327 g/mol. The van der Waals surface area contributed by atoms with E-state index in [1.807, 2.05) is 42.6 Å². The van der Waals surface area contributed by atoms with Gasteiger partial charge >= 0.3 is 0 Å². The number of aromatic nitrogens is 2. The molecule has 3 heterocycles. The molecule has 0 bridgehead atoms. The number of nitrogens with one attached hydrogen (secondary N) is 2. The van der Waals surface area contributed by atoms with Gasteiger partial charge in [0.15, 0.2) is 0 Å². The summed E-state index contributed by atoms with van der Waals surface area (Å²) in [6.07, 6.45) is 5.30. The maximum Gasteiger partial charge on any atom is 0.253 e. The van der Waals surface area contributed by atoms with E-state index in [0.29, 0.717) is 0 Å². The number of benzene rings is 2. The largest absolute Gasteiger partial charge is 0.357 e. The number of pyridine rings is 1. The molecule has 0 spiro atoms. The van der Waals surface area contributed by atoms with Gasteiger partial charge < -0.3 is 10.3 Å². The molecule has 2 aromatic heterocycles. The van der Waals surface area contributed by atoms with E-state index in [2.05, 4.69) is 27.4 Å². The summed E-state index contributed by atoms with van der Waals surface area (Å²) in [4.78, 5) is 20.5. The van der Waals surface area contributed by atoms with Gasteiger partial charge in [0.2, 0.25) is 0 Å². The van der Waals surface area contributed by atoms with Crippen molar-refractivity contribution in [2.45, 2.75) is 18.9 Å². The highest BCUT2D eigenvalue weighted by atomic mass is 16.1. The average Bonchev–Trinajstić information content (AvgIpc) is 3.02. The summed E-state index contributed by atoms with van der Waals surface area (Å²) < 4.78 is 0. The van der Waals surface area contributed by atoms with Crippen molar-refractivity contribution in [3.63, 3.8) is 0 Å². The molecule has 1 aliphatic heterocycles. The first-order valence-electron chi connectivity index (χ1n) is 8.51. The maximum absolute atomic E-state index is 12.8. The van der Waals surface area contributed by atoms with Crippen LogP contribution in [0.3, 0.4) is 0 Å². The van der Waals surface area contributed by atoms with E-state index >= 15 is 0 Å². The third kappa shape index (κ3) is 2.30. The highest BCUT2D eigenvalue weighted by molar-refractivity contribution is 6.15. The van der Waals surface area contributed by atoms with Gasteiger partial charge in [-0.1, -0.05) is 42.5 Å². The topological polar surface area (TPSA) is 57.8 Å². The van der Waals surface area contributed by atoms with Crippen molar-refractivity contribution >= 4 is 27.6 Å². The molecule has 2 aromatic carbocycles. The van der Waals surface area contributed by atoms with Crippen LogP contribution < -0.4 is 5.32 Å². The molecule has 0 radical (unpaired) electrons. The second-order valence-electron chi connectivity index (χ2n) is 6.63. The number of carbonyl (C=O) groups excluding carboxylic acids is 1. The van der Waals surface area contributed by atoms with E-state index in [1.165, 1.54) is 5.56 Å². The van der Waals surface area contributed by atoms with Gasteiger partial charge in [0.25, 0.3) is 5.91 Å². The molecule has 0 aliphatic carbocycles. The molecule has 1 atom stereocenters. The molecule has 5 rings (SSSR count). The third-order valence-corrected chi connectivity index (χ3v) is 5.00. The molecule has 2 N–H and O–H groups in total. The van der Waals surface area contributed by atoms with Crippen molar-refractivity contribution in [1.82, 2.24) is 15.3 Å². The van der Waals surface area contributed by atoms with Crippen LogP contribution in [0.2, 0.25) is 0 Å². The molecule has 1 unspecified atom stereocenters. The van der Waals surface area contributed by atoms with E-state index < -0.39 is 0 Å². The van der Waals surface area contributed by atoms with Gasteiger partial charge in [0.05, 0.1) is 11.1 Å². The monoisotopic (exact) mass is 327 g/mol. The lowest BCUT2D eigenvalue weighted by atomic mass is 9.95. The number of rotatable bonds is 2. The number of amides is 1. The summed E-state index contributed by atoms with van der Waals surface area (Å²) in [6.45, 7) is 0. The number of carbonyl (C=O) groups is 1. The fourth-order valence-corrected chi connectivity index (χ4v) is 3.88. The van der Waals surface area contributed by atoms with Gasteiger partial charge in [-0.25, -0.2) is 0 Å². The van der Waals surface area contributed by atoms with E-state index in [4.69, 9.17) is 0 Å². The van der Waals surface area contributed by atoms with Gasteiger partial charge in [-0.2, -0.15) is 0 Å². The number of H-pyrrole nitrogens is 1. The van der Waals surface area contributed by atoms with Gasteiger partial charge in [0, 0.05) is 46.7 Å². The first-order chi connectivity index (χ1) is 12.3. The fraction of sp³-hybridized carbons (Fsp3) is 0.143. The van der Waals surface area contributed by atoms with Crippen LogP contribution in [0.1, 0.15) is 21.6 Å². The van der Waals surface area contributed by atoms with Crippen LogP contribution in [-0.4, -0.2) is 21.9 Å². The summed E-state index contributed by atoms with van der Waals surface area (Å²) in [5.41, 5.74) is 4.09. The fourth-order valence-electron chi connectivity index (χ4n) is 3.88. The predicted molar refractivity (Wildman–Crippen MR) is 98.7 cm³/mol. The number of hydrogen-bond acceptors (Lipinski definition) is 2. The van der Waals surface area contributed by atoms with Gasteiger partial charge in [0.1, 0.15) is 0 Å². The minimum atomic E-state index is 0.0156. The Kier molecular flexibility index (Phi) is 3.10. The van der Waals surface area contributed by atoms with Crippen molar-refractivity contribution in [2.75, 3.05) is 0 Å². The van der Waals surface area contributed by atoms with Crippen molar-refractivity contribution in [3.05, 3.63) is 77.7 Å². The molecule has 1 aliphatic rings. The summed E-state index contributed by atoms with van der Waals surface area (Å²) >= 11 is 0. The van der Waals surface area contributed by atoms with Crippen molar-refractivity contribution in [3.8, 4) is 0 Å². The Hall–Kier alpha value is -3.14. The summed E-state index contributed by atoms with van der Waals surface area (Å²) in [5, 5.41) is 6.35. The standard InChI is InChI=1S/C21H17N3O/c25-21-19-17-7-6-14-12-22-9-8-16(14)20(17)24-18(19)11-15(23-21)10-13-4-2-1-3-5-13/h1-9,12,15,24H,10-11H2,(H,23,25). The third-order valence-electron chi connectivity index (χ3n) is 5.00. The number of aromatic amines is 1. The molecule has 122 valence electrons. The summed E-state index contributed by atoms with van der Waals surface area (Å²) in [5.74, 6) is 0.0156. The smallest absolute Gasteiger partial charge is 0.253 e. The second-order valence-corrected chi connectivity index (χ2v) is 6.63.